The predicted molar refractivity (Wildman–Crippen MR) is 125 cm³/mol. The van der Waals surface area contributed by atoms with Crippen molar-refractivity contribution in [2.45, 2.75) is 26.0 Å². The Morgan fingerprint density at radius 2 is 1.84 bits per heavy atom. The molecule has 1 aliphatic heterocycles. The molecule has 0 fully saturated rings. The summed E-state index contributed by atoms with van der Waals surface area (Å²) in [5, 5.41) is 3.99. The van der Waals surface area contributed by atoms with E-state index >= 15 is 0 Å². The molecule has 2 N–H and O–H groups in total. The average Bonchev–Trinajstić information content (AvgIpc) is 3.20. The van der Waals surface area contributed by atoms with Crippen LogP contribution in [0.15, 0.2) is 79.0 Å². The van der Waals surface area contributed by atoms with Crippen LogP contribution in [0.3, 0.4) is 0 Å². The van der Waals surface area contributed by atoms with E-state index < -0.39 is 6.10 Å². The maximum atomic E-state index is 12.8. The highest BCUT2D eigenvalue weighted by Crippen LogP contribution is 2.37. The van der Waals surface area contributed by atoms with Gasteiger partial charge in [-0.05, 0) is 36.2 Å². The Morgan fingerprint density at radius 3 is 2.69 bits per heavy atom. The maximum Gasteiger partial charge on any atom is 0.268 e. The van der Waals surface area contributed by atoms with Gasteiger partial charge < -0.3 is 19.9 Å². The Hall–Kier alpha value is -4.06. The highest BCUT2D eigenvalue weighted by molar-refractivity contribution is 6.01. The molecule has 5 rings (SSSR count). The van der Waals surface area contributed by atoms with Crippen LogP contribution < -0.4 is 15.0 Å². The van der Waals surface area contributed by atoms with E-state index in [-0.39, 0.29) is 18.2 Å². The van der Waals surface area contributed by atoms with Gasteiger partial charge in [0, 0.05) is 28.9 Å². The Kier molecular flexibility index (Phi) is 5.11. The summed E-state index contributed by atoms with van der Waals surface area (Å²) in [5.41, 5.74) is 4.33. The van der Waals surface area contributed by atoms with Gasteiger partial charge in [-0.15, -0.1) is 0 Å². The molecule has 6 nitrogen and oxygen atoms in total. The van der Waals surface area contributed by atoms with E-state index in [2.05, 4.69) is 10.3 Å². The first-order valence-corrected chi connectivity index (χ1v) is 10.6. The van der Waals surface area contributed by atoms with E-state index in [1.165, 1.54) is 0 Å². The van der Waals surface area contributed by atoms with Crippen LogP contribution >= 0.6 is 0 Å². The number of fused-ring (bicyclic) bond motifs is 2. The van der Waals surface area contributed by atoms with Crippen molar-refractivity contribution in [1.82, 2.24) is 4.98 Å². The minimum absolute atomic E-state index is 0.0857. The first-order valence-electron chi connectivity index (χ1n) is 10.6. The zero-order chi connectivity index (χ0) is 22.1. The summed E-state index contributed by atoms with van der Waals surface area (Å²) in [6.07, 6.45) is 1.54. The molecule has 1 atom stereocenters. The van der Waals surface area contributed by atoms with Gasteiger partial charge in [0.1, 0.15) is 5.75 Å². The number of ether oxygens (including phenoxy) is 1. The number of nitrogens with one attached hydrogen (secondary N) is 2. The molecule has 0 saturated heterocycles. The molecule has 0 bridgehead atoms. The number of hydrogen-bond acceptors (Lipinski definition) is 3. The molecule has 32 heavy (non-hydrogen) atoms. The standard InChI is InChI=1S/C26H23N3O3/c1-17-26(31)29(16-18-7-3-2-4-8-18)23-12-11-20(14-24(23)32-17)28-25(30)13-19-15-27-22-10-6-5-9-21(19)22/h2-12,14-15,17,27H,13,16H2,1H3,(H,28,30). The lowest BCUT2D eigenvalue weighted by Crippen LogP contribution is -2.44. The number of H-pyrrole nitrogens is 1. The van der Waals surface area contributed by atoms with Crippen molar-refractivity contribution in [3.8, 4) is 5.75 Å². The smallest absolute Gasteiger partial charge is 0.268 e. The first kappa shape index (κ1) is 19.9. The second-order valence-electron chi connectivity index (χ2n) is 7.94. The molecule has 2 amide bonds. The second-order valence-corrected chi connectivity index (χ2v) is 7.94. The minimum Gasteiger partial charge on any atom is -0.479 e. The van der Waals surface area contributed by atoms with Crippen LogP contribution in [-0.4, -0.2) is 22.9 Å². The molecule has 160 valence electrons. The summed E-state index contributed by atoms with van der Waals surface area (Å²) in [7, 11) is 0. The number of rotatable bonds is 5. The molecule has 6 heteroatoms. The molecule has 0 radical (unpaired) electrons. The monoisotopic (exact) mass is 425 g/mol. The number of nitrogens with zero attached hydrogens (tertiary/aromatic N) is 1. The van der Waals surface area contributed by atoms with Crippen LogP contribution in [0, 0.1) is 0 Å². The highest BCUT2D eigenvalue weighted by atomic mass is 16.5. The number of benzene rings is 3. The number of para-hydroxylation sites is 1. The van der Waals surface area contributed by atoms with Gasteiger partial charge in [0.05, 0.1) is 18.7 Å². The normalized spacial score (nSPS) is 15.3. The van der Waals surface area contributed by atoms with Crippen LogP contribution in [0.25, 0.3) is 10.9 Å². The number of carbonyl (C=O) groups is 2. The van der Waals surface area contributed by atoms with Gasteiger partial charge in [-0.25, -0.2) is 0 Å². The first-order chi connectivity index (χ1) is 15.6. The Morgan fingerprint density at radius 1 is 1.06 bits per heavy atom. The summed E-state index contributed by atoms with van der Waals surface area (Å²) < 4.78 is 5.85. The van der Waals surface area contributed by atoms with Gasteiger partial charge in [0.25, 0.3) is 5.91 Å². The van der Waals surface area contributed by atoms with Gasteiger partial charge >= 0.3 is 0 Å². The quantitative estimate of drug-likeness (QED) is 0.488. The van der Waals surface area contributed by atoms with Gasteiger partial charge in [0.15, 0.2) is 6.10 Å². The predicted octanol–water partition coefficient (Wildman–Crippen LogP) is 4.66. The number of amides is 2. The van der Waals surface area contributed by atoms with E-state index in [1.807, 2.05) is 66.9 Å². The number of hydrogen-bond donors (Lipinski definition) is 2. The van der Waals surface area contributed by atoms with Crippen molar-refractivity contribution in [2.75, 3.05) is 10.2 Å². The zero-order valence-electron chi connectivity index (χ0n) is 17.7. The van der Waals surface area contributed by atoms with Gasteiger partial charge in [-0.2, -0.15) is 0 Å². The van der Waals surface area contributed by atoms with Crippen molar-refractivity contribution in [3.63, 3.8) is 0 Å². The third-order valence-corrected chi connectivity index (χ3v) is 5.66. The van der Waals surface area contributed by atoms with Crippen molar-refractivity contribution >= 4 is 34.1 Å². The Bertz CT molecular complexity index is 1300. The van der Waals surface area contributed by atoms with Crippen LogP contribution in [0.1, 0.15) is 18.1 Å². The fourth-order valence-electron chi connectivity index (χ4n) is 4.07. The second kappa shape index (κ2) is 8.23. The van der Waals surface area contributed by atoms with Gasteiger partial charge in [0.2, 0.25) is 5.91 Å². The lowest BCUT2D eigenvalue weighted by atomic mass is 10.1. The van der Waals surface area contributed by atoms with E-state index in [9.17, 15) is 9.59 Å². The van der Waals surface area contributed by atoms with Crippen molar-refractivity contribution < 1.29 is 14.3 Å². The molecule has 0 spiro atoms. The SMILES string of the molecule is CC1Oc2cc(NC(=O)Cc3c[nH]c4ccccc34)ccc2N(Cc2ccccc2)C1=O. The largest absolute Gasteiger partial charge is 0.479 e. The highest BCUT2D eigenvalue weighted by Gasteiger charge is 2.31. The Labute approximate surface area is 185 Å². The van der Waals surface area contributed by atoms with E-state index in [1.54, 1.807) is 24.0 Å². The summed E-state index contributed by atoms with van der Waals surface area (Å²) in [5.74, 6) is 0.381. The molecule has 4 aromatic rings. The number of carbonyl (C=O) groups excluding carboxylic acids is 2. The van der Waals surface area contributed by atoms with Crippen LogP contribution in [0.4, 0.5) is 11.4 Å². The topological polar surface area (TPSA) is 74.4 Å². The molecule has 0 aliphatic carbocycles. The summed E-state index contributed by atoms with van der Waals surface area (Å²) in [4.78, 5) is 30.4. The third kappa shape index (κ3) is 3.83. The van der Waals surface area contributed by atoms with Crippen molar-refractivity contribution in [1.29, 1.82) is 0 Å². The molecule has 3 aromatic carbocycles. The van der Waals surface area contributed by atoms with Crippen LogP contribution in [0.5, 0.6) is 5.75 Å². The lowest BCUT2D eigenvalue weighted by molar-refractivity contribution is -0.125. The lowest BCUT2D eigenvalue weighted by Gasteiger charge is -2.33. The summed E-state index contributed by atoms with van der Waals surface area (Å²) in [6, 6.07) is 23.2. The molecular weight excluding hydrogens is 402 g/mol. The molecule has 1 unspecified atom stereocenters. The number of aromatic amines is 1. The average molecular weight is 425 g/mol. The third-order valence-electron chi connectivity index (χ3n) is 5.66. The minimum atomic E-state index is -0.594. The molecule has 1 aromatic heterocycles. The Balaban J connectivity index is 1.35. The van der Waals surface area contributed by atoms with E-state index in [0.717, 1.165) is 22.0 Å². The van der Waals surface area contributed by atoms with Crippen LogP contribution in [0.2, 0.25) is 0 Å². The van der Waals surface area contributed by atoms with E-state index in [4.69, 9.17) is 4.74 Å². The molecule has 0 saturated carbocycles. The van der Waals surface area contributed by atoms with E-state index in [0.29, 0.717) is 23.7 Å². The number of aromatic nitrogens is 1. The van der Waals surface area contributed by atoms with Gasteiger partial charge in [-0.1, -0.05) is 48.5 Å². The van der Waals surface area contributed by atoms with Crippen molar-refractivity contribution in [2.24, 2.45) is 0 Å². The fraction of sp³-hybridized carbons (Fsp3) is 0.154. The van der Waals surface area contributed by atoms with Crippen LogP contribution in [-0.2, 0) is 22.6 Å². The van der Waals surface area contributed by atoms with Gasteiger partial charge in [-0.3, -0.25) is 9.59 Å². The maximum absolute atomic E-state index is 12.8. The molecular formula is C26H23N3O3. The van der Waals surface area contributed by atoms with Crippen molar-refractivity contribution in [3.05, 3.63) is 90.1 Å². The zero-order valence-corrected chi connectivity index (χ0v) is 17.7. The number of anilines is 2. The summed E-state index contributed by atoms with van der Waals surface area (Å²) in [6.45, 7) is 2.21. The summed E-state index contributed by atoms with van der Waals surface area (Å²) >= 11 is 0. The molecule has 1 aliphatic rings. The fourth-order valence-corrected chi connectivity index (χ4v) is 4.07. The molecule has 2 heterocycles.